The number of aromatic nitrogens is 2. The maximum absolute atomic E-state index is 11.2. The van der Waals surface area contributed by atoms with Crippen LogP contribution in [-0.4, -0.2) is 39.7 Å². The number of hydrogen-bond acceptors (Lipinski definition) is 5. The minimum absolute atomic E-state index is 0.215. The van der Waals surface area contributed by atoms with E-state index >= 15 is 0 Å². The Kier molecular flexibility index (Phi) is 2.63. The number of rotatable bonds is 2. The van der Waals surface area contributed by atoms with Crippen LogP contribution in [0.3, 0.4) is 0 Å². The first-order valence-corrected chi connectivity index (χ1v) is 5.85. The van der Waals surface area contributed by atoms with Gasteiger partial charge in [0.15, 0.2) is 0 Å². The Morgan fingerprint density at radius 3 is 3.00 bits per heavy atom. The molecule has 1 aromatic rings. The SMILES string of the molecule is CS(=O)c1nccc(N2CCOC2=O)n1. The molecule has 0 spiro atoms. The number of hydrogen-bond donors (Lipinski definition) is 0. The lowest BCUT2D eigenvalue weighted by molar-refractivity contribution is 0.181. The first-order chi connectivity index (χ1) is 7.18. The van der Waals surface area contributed by atoms with Gasteiger partial charge in [-0.2, -0.15) is 0 Å². The third-order valence-corrected chi connectivity index (χ3v) is 2.62. The van der Waals surface area contributed by atoms with Crippen LogP contribution in [0.25, 0.3) is 0 Å². The van der Waals surface area contributed by atoms with E-state index in [2.05, 4.69) is 9.97 Å². The van der Waals surface area contributed by atoms with Gasteiger partial charge in [0.25, 0.3) is 0 Å². The quantitative estimate of drug-likeness (QED) is 0.673. The smallest absolute Gasteiger partial charge is 0.415 e. The second-order valence-electron chi connectivity index (χ2n) is 2.92. The average Bonchev–Trinajstić information content (AvgIpc) is 2.64. The summed E-state index contributed by atoms with van der Waals surface area (Å²) in [6, 6.07) is 1.59. The van der Waals surface area contributed by atoms with Crippen LogP contribution in [0.15, 0.2) is 17.4 Å². The van der Waals surface area contributed by atoms with E-state index in [9.17, 15) is 9.00 Å². The van der Waals surface area contributed by atoms with Gasteiger partial charge in [-0.1, -0.05) is 0 Å². The second kappa shape index (κ2) is 3.93. The Morgan fingerprint density at radius 1 is 1.60 bits per heavy atom. The van der Waals surface area contributed by atoms with Crippen LogP contribution in [0.4, 0.5) is 10.6 Å². The van der Waals surface area contributed by atoms with E-state index in [4.69, 9.17) is 4.74 Å². The summed E-state index contributed by atoms with van der Waals surface area (Å²) in [5.74, 6) is 0.428. The summed E-state index contributed by atoms with van der Waals surface area (Å²) < 4.78 is 15.9. The number of cyclic esters (lactones) is 1. The van der Waals surface area contributed by atoms with Crippen LogP contribution in [0.1, 0.15) is 0 Å². The van der Waals surface area contributed by atoms with Crippen LogP contribution in [0.5, 0.6) is 0 Å². The van der Waals surface area contributed by atoms with Gasteiger partial charge in [-0.15, -0.1) is 0 Å². The number of ether oxygens (including phenoxy) is 1. The summed E-state index contributed by atoms with van der Waals surface area (Å²) >= 11 is 0. The molecule has 6 nitrogen and oxygen atoms in total. The first kappa shape index (κ1) is 10.0. The highest BCUT2D eigenvalue weighted by Gasteiger charge is 2.25. The van der Waals surface area contributed by atoms with Crippen LogP contribution < -0.4 is 4.90 Å². The van der Waals surface area contributed by atoms with Crippen molar-refractivity contribution < 1.29 is 13.7 Å². The Hall–Kier alpha value is -1.50. The van der Waals surface area contributed by atoms with Gasteiger partial charge in [0.2, 0.25) is 5.16 Å². The maximum Gasteiger partial charge on any atom is 0.415 e. The third kappa shape index (κ3) is 1.96. The molecule has 1 saturated heterocycles. The van der Waals surface area contributed by atoms with Gasteiger partial charge in [0.1, 0.15) is 12.4 Å². The molecule has 7 heteroatoms. The molecule has 1 aromatic heterocycles. The predicted octanol–water partition coefficient (Wildman–Crippen LogP) is 0.171. The molecule has 1 aliphatic rings. The monoisotopic (exact) mass is 227 g/mol. The molecule has 0 aromatic carbocycles. The van der Waals surface area contributed by atoms with Gasteiger partial charge in [-0.05, 0) is 6.07 Å². The Labute approximate surface area is 88.7 Å². The lowest BCUT2D eigenvalue weighted by Gasteiger charge is -2.10. The highest BCUT2D eigenvalue weighted by molar-refractivity contribution is 7.84. The lowest BCUT2D eigenvalue weighted by atomic mass is 10.5. The highest BCUT2D eigenvalue weighted by atomic mass is 32.2. The molecule has 0 N–H and O–H groups in total. The fourth-order valence-electron chi connectivity index (χ4n) is 1.22. The van der Waals surface area contributed by atoms with Crippen molar-refractivity contribution in [3.05, 3.63) is 12.3 Å². The van der Waals surface area contributed by atoms with Crippen molar-refractivity contribution in [3.63, 3.8) is 0 Å². The summed E-state index contributed by atoms with van der Waals surface area (Å²) in [4.78, 5) is 20.5. The molecular weight excluding hydrogens is 218 g/mol. The highest BCUT2D eigenvalue weighted by Crippen LogP contribution is 2.15. The molecule has 15 heavy (non-hydrogen) atoms. The van der Waals surface area contributed by atoms with E-state index < -0.39 is 16.9 Å². The van der Waals surface area contributed by atoms with Crippen molar-refractivity contribution in [3.8, 4) is 0 Å². The molecule has 0 aliphatic carbocycles. The number of carbonyl (C=O) groups excluding carboxylic acids is 1. The summed E-state index contributed by atoms with van der Waals surface area (Å²) in [5, 5.41) is 0.215. The van der Waals surface area contributed by atoms with Gasteiger partial charge in [-0.25, -0.2) is 14.8 Å². The van der Waals surface area contributed by atoms with E-state index in [1.54, 1.807) is 6.07 Å². The summed E-state index contributed by atoms with van der Waals surface area (Å²) in [5.41, 5.74) is 0. The van der Waals surface area contributed by atoms with Gasteiger partial charge in [0.05, 0.1) is 17.3 Å². The zero-order chi connectivity index (χ0) is 10.8. The van der Waals surface area contributed by atoms with E-state index in [1.165, 1.54) is 17.4 Å². The summed E-state index contributed by atoms with van der Waals surface area (Å²) in [6.45, 7) is 0.818. The zero-order valence-electron chi connectivity index (χ0n) is 8.04. The normalized spacial score (nSPS) is 17.7. The van der Waals surface area contributed by atoms with Crippen molar-refractivity contribution in [2.45, 2.75) is 5.16 Å². The molecular formula is C8H9N3O3S. The topological polar surface area (TPSA) is 72.4 Å². The number of anilines is 1. The van der Waals surface area contributed by atoms with Crippen molar-refractivity contribution in [1.29, 1.82) is 0 Å². The fourth-order valence-corrected chi connectivity index (χ4v) is 1.65. The second-order valence-corrected chi connectivity index (χ2v) is 4.19. The minimum Gasteiger partial charge on any atom is -0.447 e. The number of carbonyl (C=O) groups is 1. The predicted molar refractivity (Wildman–Crippen MR) is 53.1 cm³/mol. The maximum atomic E-state index is 11.2. The third-order valence-electron chi connectivity index (χ3n) is 1.91. The number of amides is 1. The van der Waals surface area contributed by atoms with Gasteiger partial charge in [0, 0.05) is 12.5 Å². The van der Waals surface area contributed by atoms with E-state index in [1.807, 2.05) is 0 Å². The Bertz CT molecular complexity index is 423. The molecule has 1 atom stereocenters. The van der Waals surface area contributed by atoms with E-state index in [0.717, 1.165) is 0 Å². The standard InChI is InChI=1S/C8H9N3O3S/c1-15(13)7-9-3-2-6(10-7)11-4-5-14-8(11)12/h2-3H,4-5H2,1H3. The fraction of sp³-hybridized carbons (Fsp3) is 0.375. The zero-order valence-corrected chi connectivity index (χ0v) is 8.86. The van der Waals surface area contributed by atoms with Crippen molar-refractivity contribution >= 4 is 22.7 Å². The molecule has 0 saturated carbocycles. The van der Waals surface area contributed by atoms with Crippen LogP contribution in [0, 0.1) is 0 Å². The minimum atomic E-state index is -1.25. The summed E-state index contributed by atoms with van der Waals surface area (Å²) in [6.07, 6.45) is 2.54. The van der Waals surface area contributed by atoms with Crippen LogP contribution in [0.2, 0.25) is 0 Å². The lowest BCUT2D eigenvalue weighted by Crippen LogP contribution is -2.24. The molecule has 1 fully saturated rings. The van der Waals surface area contributed by atoms with Crippen molar-refractivity contribution in [2.75, 3.05) is 24.3 Å². The van der Waals surface area contributed by atoms with Gasteiger partial charge >= 0.3 is 6.09 Å². The van der Waals surface area contributed by atoms with Gasteiger partial charge in [-0.3, -0.25) is 9.11 Å². The van der Waals surface area contributed by atoms with Crippen LogP contribution in [-0.2, 0) is 15.5 Å². The molecule has 0 bridgehead atoms. The van der Waals surface area contributed by atoms with Crippen molar-refractivity contribution in [2.24, 2.45) is 0 Å². The molecule has 1 amide bonds. The van der Waals surface area contributed by atoms with Crippen LogP contribution >= 0.6 is 0 Å². The van der Waals surface area contributed by atoms with E-state index in [-0.39, 0.29) is 5.16 Å². The molecule has 80 valence electrons. The molecule has 1 unspecified atom stereocenters. The summed E-state index contributed by atoms with van der Waals surface area (Å²) in [7, 11) is -1.25. The molecule has 2 rings (SSSR count). The Balaban J connectivity index is 2.32. The average molecular weight is 227 g/mol. The molecule has 0 radical (unpaired) electrons. The number of nitrogens with zero attached hydrogens (tertiary/aromatic N) is 3. The van der Waals surface area contributed by atoms with Crippen molar-refractivity contribution in [1.82, 2.24) is 9.97 Å². The molecule has 2 heterocycles. The van der Waals surface area contributed by atoms with E-state index in [0.29, 0.717) is 19.0 Å². The molecule has 1 aliphatic heterocycles. The first-order valence-electron chi connectivity index (χ1n) is 4.29. The van der Waals surface area contributed by atoms with Gasteiger partial charge < -0.3 is 4.74 Å². The Morgan fingerprint density at radius 2 is 2.40 bits per heavy atom. The largest absolute Gasteiger partial charge is 0.447 e.